The number of carbonyl (C=O) groups is 2. The van der Waals surface area contributed by atoms with E-state index in [-0.39, 0.29) is 36.4 Å². The molecule has 0 spiro atoms. The summed E-state index contributed by atoms with van der Waals surface area (Å²) in [5.41, 5.74) is -1.20. The first-order valence-electron chi connectivity index (χ1n) is 8.96. The fourth-order valence-electron chi connectivity index (χ4n) is 4.04. The Kier molecular flexibility index (Phi) is 4.87. The SMILES string of the molecule is CC(C)(C)OC(=O)NC12CC(NC(=O)CO[C@H]3C[C@@H](OC(F)(F)F)C3)(C1)C2. The van der Waals surface area contributed by atoms with Crippen LogP contribution in [0, 0.1) is 0 Å². The molecule has 4 aliphatic rings. The van der Waals surface area contributed by atoms with E-state index in [0.29, 0.717) is 19.3 Å². The van der Waals surface area contributed by atoms with E-state index >= 15 is 0 Å². The van der Waals surface area contributed by atoms with Gasteiger partial charge in [-0.05, 0) is 40.0 Å². The fourth-order valence-corrected chi connectivity index (χ4v) is 4.04. The van der Waals surface area contributed by atoms with Crippen LogP contribution in [-0.4, -0.2) is 53.9 Å². The minimum absolute atomic E-state index is 0.126. The van der Waals surface area contributed by atoms with Crippen molar-refractivity contribution in [2.75, 3.05) is 6.61 Å². The summed E-state index contributed by atoms with van der Waals surface area (Å²) in [5, 5.41) is 5.75. The molecular weight excluding hydrogens is 369 g/mol. The average Bonchev–Trinajstić information content (AvgIpc) is 2.33. The highest BCUT2D eigenvalue weighted by Crippen LogP contribution is 2.60. The van der Waals surface area contributed by atoms with Gasteiger partial charge in [-0.3, -0.25) is 9.53 Å². The minimum atomic E-state index is -4.64. The molecule has 4 aliphatic carbocycles. The van der Waals surface area contributed by atoms with Crippen molar-refractivity contribution in [3.05, 3.63) is 0 Å². The van der Waals surface area contributed by atoms with Gasteiger partial charge >= 0.3 is 12.5 Å². The van der Waals surface area contributed by atoms with Gasteiger partial charge in [0, 0.05) is 18.4 Å². The second-order valence-electron chi connectivity index (χ2n) is 8.86. The number of amides is 2. The van der Waals surface area contributed by atoms with Crippen LogP contribution in [0.2, 0.25) is 0 Å². The summed E-state index contributed by atoms with van der Waals surface area (Å²) >= 11 is 0. The van der Waals surface area contributed by atoms with Gasteiger partial charge in [0.15, 0.2) is 0 Å². The van der Waals surface area contributed by atoms with Crippen molar-refractivity contribution >= 4 is 12.0 Å². The van der Waals surface area contributed by atoms with Gasteiger partial charge < -0.3 is 20.1 Å². The number of nitrogens with one attached hydrogen (secondary N) is 2. The van der Waals surface area contributed by atoms with Crippen LogP contribution in [0.4, 0.5) is 18.0 Å². The number of alkyl carbamates (subject to hydrolysis) is 1. The van der Waals surface area contributed by atoms with Gasteiger partial charge in [-0.1, -0.05) is 0 Å². The van der Waals surface area contributed by atoms with Crippen LogP contribution >= 0.6 is 0 Å². The predicted molar refractivity (Wildman–Crippen MR) is 86.7 cm³/mol. The topological polar surface area (TPSA) is 85.9 Å². The molecule has 0 aliphatic heterocycles. The van der Waals surface area contributed by atoms with E-state index < -0.39 is 30.3 Å². The number of hydrogen-bond acceptors (Lipinski definition) is 5. The molecule has 4 fully saturated rings. The molecule has 27 heavy (non-hydrogen) atoms. The van der Waals surface area contributed by atoms with E-state index in [4.69, 9.17) is 9.47 Å². The first kappa shape index (κ1) is 20.2. The monoisotopic (exact) mass is 394 g/mol. The van der Waals surface area contributed by atoms with Gasteiger partial charge in [0.1, 0.15) is 12.2 Å². The zero-order chi connectivity index (χ0) is 20.1. The summed E-state index contributed by atoms with van der Waals surface area (Å²) in [6.07, 6.45) is -4.24. The number of alkyl halides is 3. The maximum Gasteiger partial charge on any atom is 0.522 e. The maximum absolute atomic E-state index is 12.0. The highest BCUT2D eigenvalue weighted by atomic mass is 19.4. The standard InChI is InChI=1S/C17H25F3N2O5/c1-14(2,3)27-13(24)22-16-7-15(8-16,9-16)21-12(23)6-25-10-4-11(5-10)26-17(18,19)20/h10-11H,4-9H2,1-3H3,(H,21,23)(H,22,24)/t10-,11+,15?,16?. The Bertz CT molecular complexity index is 591. The Balaban J connectivity index is 1.29. The molecule has 7 nitrogen and oxygen atoms in total. The Morgan fingerprint density at radius 2 is 1.56 bits per heavy atom. The number of hydrogen-bond donors (Lipinski definition) is 2. The molecular formula is C17H25F3N2O5. The summed E-state index contributed by atoms with van der Waals surface area (Å²) in [7, 11) is 0. The molecule has 0 atom stereocenters. The van der Waals surface area contributed by atoms with Crippen molar-refractivity contribution in [2.24, 2.45) is 0 Å². The molecule has 0 radical (unpaired) electrons. The molecule has 0 aromatic heterocycles. The Hall–Kier alpha value is -1.55. The second-order valence-corrected chi connectivity index (χ2v) is 8.86. The normalized spacial score (nSPS) is 34.6. The van der Waals surface area contributed by atoms with Crippen molar-refractivity contribution in [1.29, 1.82) is 0 Å². The summed E-state index contributed by atoms with van der Waals surface area (Å²) in [6, 6.07) is 0. The molecule has 2 bridgehead atoms. The molecule has 4 saturated carbocycles. The second kappa shape index (κ2) is 6.51. The minimum Gasteiger partial charge on any atom is -0.444 e. The maximum atomic E-state index is 12.0. The van der Waals surface area contributed by atoms with E-state index in [2.05, 4.69) is 15.4 Å². The Labute approximate surface area is 155 Å². The third-order valence-electron chi connectivity index (χ3n) is 5.00. The van der Waals surface area contributed by atoms with Crippen LogP contribution in [0.1, 0.15) is 52.9 Å². The molecule has 0 saturated heterocycles. The molecule has 0 unspecified atom stereocenters. The zero-order valence-corrected chi connectivity index (χ0v) is 15.6. The van der Waals surface area contributed by atoms with Crippen LogP contribution in [0.15, 0.2) is 0 Å². The van der Waals surface area contributed by atoms with Crippen LogP contribution in [0.5, 0.6) is 0 Å². The molecule has 0 aromatic carbocycles. The Morgan fingerprint density at radius 3 is 2.07 bits per heavy atom. The lowest BCUT2D eigenvalue weighted by molar-refractivity contribution is -0.357. The van der Waals surface area contributed by atoms with Gasteiger partial charge in [-0.25, -0.2) is 4.79 Å². The van der Waals surface area contributed by atoms with Crippen molar-refractivity contribution in [2.45, 2.75) is 88.1 Å². The third-order valence-corrected chi connectivity index (χ3v) is 5.00. The average molecular weight is 394 g/mol. The van der Waals surface area contributed by atoms with Crippen molar-refractivity contribution in [1.82, 2.24) is 10.6 Å². The lowest BCUT2D eigenvalue weighted by Gasteiger charge is -2.70. The number of rotatable bonds is 6. The van der Waals surface area contributed by atoms with E-state index in [1.165, 1.54) is 0 Å². The number of carbonyl (C=O) groups excluding carboxylic acids is 2. The van der Waals surface area contributed by atoms with E-state index in [0.717, 1.165) is 0 Å². The molecule has 2 amide bonds. The predicted octanol–water partition coefficient (Wildman–Crippen LogP) is 2.39. The molecule has 0 heterocycles. The summed E-state index contributed by atoms with van der Waals surface area (Å²) in [5.74, 6) is -0.305. The number of ether oxygens (including phenoxy) is 3. The van der Waals surface area contributed by atoms with Crippen molar-refractivity contribution < 1.29 is 37.0 Å². The molecule has 4 rings (SSSR count). The largest absolute Gasteiger partial charge is 0.522 e. The van der Waals surface area contributed by atoms with Gasteiger partial charge in [0.05, 0.1) is 17.7 Å². The van der Waals surface area contributed by atoms with Crippen LogP contribution in [-0.2, 0) is 19.0 Å². The van der Waals surface area contributed by atoms with Crippen LogP contribution in [0.25, 0.3) is 0 Å². The van der Waals surface area contributed by atoms with Gasteiger partial charge in [-0.2, -0.15) is 0 Å². The summed E-state index contributed by atoms with van der Waals surface area (Å²) in [6.45, 7) is 5.17. The quantitative estimate of drug-likeness (QED) is 0.723. The fraction of sp³-hybridized carbons (Fsp3) is 0.882. The van der Waals surface area contributed by atoms with E-state index in [1.54, 1.807) is 20.8 Å². The highest BCUT2D eigenvalue weighted by Gasteiger charge is 2.69. The lowest BCUT2D eigenvalue weighted by Crippen LogP contribution is -2.84. The highest BCUT2D eigenvalue weighted by molar-refractivity contribution is 5.79. The van der Waals surface area contributed by atoms with Gasteiger partial charge in [0.2, 0.25) is 5.91 Å². The summed E-state index contributed by atoms with van der Waals surface area (Å²) in [4.78, 5) is 23.8. The zero-order valence-electron chi connectivity index (χ0n) is 15.6. The van der Waals surface area contributed by atoms with Crippen LogP contribution in [0.3, 0.4) is 0 Å². The molecule has 154 valence electrons. The first-order chi connectivity index (χ1) is 12.3. The molecule has 10 heteroatoms. The van der Waals surface area contributed by atoms with Crippen molar-refractivity contribution in [3.8, 4) is 0 Å². The first-order valence-corrected chi connectivity index (χ1v) is 8.96. The molecule has 0 aromatic rings. The number of halogens is 3. The smallest absolute Gasteiger partial charge is 0.444 e. The third kappa shape index (κ3) is 5.04. The Morgan fingerprint density at radius 1 is 1.00 bits per heavy atom. The van der Waals surface area contributed by atoms with E-state index in [9.17, 15) is 22.8 Å². The summed E-state index contributed by atoms with van der Waals surface area (Å²) < 4.78 is 50.5. The van der Waals surface area contributed by atoms with Gasteiger partial charge in [-0.15, -0.1) is 13.2 Å². The van der Waals surface area contributed by atoms with Gasteiger partial charge in [0.25, 0.3) is 0 Å². The molecule has 2 N–H and O–H groups in total. The van der Waals surface area contributed by atoms with Crippen LogP contribution < -0.4 is 10.6 Å². The van der Waals surface area contributed by atoms with Crippen molar-refractivity contribution in [3.63, 3.8) is 0 Å². The lowest BCUT2D eigenvalue weighted by atomic mass is 9.44. The van der Waals surface area contributed by atoms with E-state index in [1.807, 2.05) is 0 Å².